The van der Waals surface area contributed by atoms with Gasteiger partial charge in [-0.2, -0.15) is 11.8 Å². The molecule has 1 saturated heterocycles. The molecule has 1 atom stereocenters. The van der Waals surface area contributed by atoms with Crippen molar-refractivity contribution in [3.8, 4) is 0 Å². The fraction of sp³-hybridized carbons (Fsp3) is 0.909. The van der Waals surface area contributed by atoms with Crippen LogP contribution >= 0.6 is 11.8 Å². The Kier molecular flexibility index (Phi) is 3.26. The summed E-state index contributed by atoms with van der Waals surface area (Å²) in [5.41, 5.74) is -0.126. The standard InChI is InChI=1S/C11H20N2OS/c1-9-12-11(5-6-11)10(14)13(9)7-3-4-8-15-2/h9,12H,3-8H2,1-2H3. The van der Waals surface area contributed by atoms with E-state index in [-0.39, 0.29) is 11.7 Å². The number of carbonyl (C=O) groups excluding carboxylic acids is 1. The maximum atomic E-state index is 12.0. The molecular formula is C11H20N2OS. The first-order valence-corrected chi connectivity index (χ1v) is 7.17. The lowest BCUT2D eigenvalue weighted by Gasteiger charge is -2.20. The van der Waals surface area contributed by atoms with Crippen molar-refractivity contribution in [2.24, 2.45) is 0 Å². The smallest absolute Gasteiger partial charge is 0.244 e. The maximum Gasteiger partial charge on any atom is 0.244 e. The van der Waals surface area contributed by atoms with Gasteiger partial charge in [-0.25, -0.2) is 0 Å². The molecule has 0 radical (unpaired) electrons. The SMILES string of the molecule is CSCCCCN1C(=O)C2(CC2)NC1C. The van der Waals surface area contributed by atoms with E-state index in [0.29, 0.717) is 5.91 Å². The summed E-state index contributed by atoms with van der Waals surface area (Å²) in [6, 6.07) is 0. The highest BCUT2D eigenvalue weighted by molar-refractivity contribution is 7.98. The molecule has 86 valence electrons. The number of unbranched alkanes of at least 4 members (excludes halogenated alkanes) is 1. The zero-order chi connectivity index (χ0) is 10.9. The van der Waals surface area contributed by atoms with Crippen LogP contribution in [0.25, 0.3) is 0 Å². The second-order valence-corrected chi connectivity index (χ2v) is 5.59. The number of hydrogen-bond acceptors (Lipinski definition) is 3. The predicted molar refractivity (Wildman–Crippen MR) is 63.9 cm³/mol. The van der Waals surface area contributed by atoms with Gasteiger partial charge in [0.15, 0.2) is 0 Å². The molecule has 1 N–H and O–H groups in total. The van der Waals surface area contributed by atoms with Gasteiger partial charge < -0.3 is 4.90 Å². The van der Waals surface area contributed by atoms with Gasteiger partial charge in [-0.05, 0) is 44.6 Å². The Morgan fingerprint density at radius 3 is 2.80 bits per heavy atom. The van der Waals surface area contributed by atoms with Crippen LogP contribution in [0.4, 0.5) is 0 Å². The molecule has 2 aliphatic rings. The second-order valence-electron chi connectivity index (χ2n) is 4.60. The lowest BCUT2D eigenvalue weighted by atomic mass is 10.2. The summed E-state index contributed by atoms with van der Waals surface area (Å²) in [4.78, 5) is 14.0. The Morgan fingerprint density at radius 2 is 2.27 bits per heavy atom. The summed E-state index contributed by atoms with van der Waals surface area (Å²) in [7, 11) is 0. The van der Waals surface area contributed by atoms with E-state index in [4.69, 9.17) is 0 Å². The highest BCUT2D eigenvalue weighted by Gasteiger charge is 2.57. The van der Waals surface area contributed by atoms with Crippen molar-refractivity contribution in [1.82, 2.24) is 10.2 Å². The average Bonchev–Trinajstić information content (AvgIpc) is 2.93. The summed E-state index contributed by atoms with van der Waals surface area (Å²) in [6.45, 7) is 3.02. The van der Waals surface area contributed by atoms with Crippen LogP contribution in [-0.4, -0.2) is 41.1 Å². The summed E-state index contributed by atoms with van der Waals surface area (Å²) >= 11 is 1.88. The largest absolute Gasteiger partial charge is 0.326 e. The Hall–Kier alpha value is -0.220. The fourth-order valence-electron chi connectivity index (χ4n) is 2.30. The van der Waals surface area contributed by atoms with Crippen LogP contribution in [0.15, 0.2) is 0 Å². The van der Waals surface area contributed by atoms with Crippen LogP contribution < -0.4 is 5.32 Å². The van der Waals surface area contributed by atoms with E-state index < -0.39 is 0 Å². The number of nitrogens with one attached hydrogen (secondary N) is 1. The highest BCUT2D eigenvalue weighted by Crippen LogP contribution is 2.41. The third-order valence-electron chi connectivity index (χ3n) is 3.37. The number of amides is 1. The zero-order valence-electron chi connectivity index (χ0n) is 9.58. The van der Waals surface area contributed by atoms with Crippen LogP contribution in [0.2, 0.25) is 0 Å². The molecule has 2 fully saturated rings. The predicted octanol–water partition coefficient (Wildman–Crippen LogP) is 1.44. The number of rotatable bonds is 5. The van der Waals surface area contributed by atoms with E-state index in [0.717, 1.165) is 25.8 Å². The highest BCUT2D eigenvalue weighted by atomic mass is 32.2. The minimum Gasteiger partial charge on any atom is -0.326 e. The molecule has 1 saturated carbocycles. The first-order chi connectivity index (χ1) is 7.19. The van der Waals surface area contributed by atoms with Crippen molar-refractivity contribution in [3.63, 3.8) is 0 Å². The van der Waals surface area contributed by atoms with Gasteiger partial charge in [0.2, 0.25) is 5.91 Å². The van der Waals surface area contributed by atoms with Gasteiger partial charge in [0.1, 0.15) is 0 Å². The molecule has 15 heavy (non-hydrogen) atoms. The van der Waals surface area contributed by atoms with Crippen molar-refractivity contribution < 1.29 is 4.79 Å². The first-order valence-electron chi connectivity index (χ1n) is 5.77. The van der Waals surface area contributed by atoms with Crippen LogP contribution in [0.3, 0.4) is 0 Å². The quantitative estimate of drug-likeness (QED) is 0.723. The molecule has 1 amide bonds. The van der Waals surface area contributed by atoms with E-state index >= 15 is 0 Å². The van der Waals surface area contributed by atoms with Crippen molar-refractivity contribution in [2.45, 2.75) is 44.3 Å². The van der Waals surface area contributed by atoms with Crippen molar-refractivity contribution in [3.05, 3.63) is 0 Å². The van der Waals surface area contributed by atoms with Crippen molar-refractivity contribution in [2.75, 3.05) is 18.6 Å². The number of hydrogen-bond donors (Lipinski definition) is 1. The molecule has 1 spiro atoms. The van der Waals surface area contributed by atoms with Gasteiger partial charge in [0, 0.05) is 6.54 Å². The zero-order valence-corrected chi connectivity index (χ0v) is 10.4. The van der Waals surface area contributed by atoms with Gasteiger partial charge in [-0.3, -0.25) is 10.1 Å². The molecule has 2 rings (SSSR count). The second kappa shape index (κ2) is 4.34. The molecule has 0 aromatic rings. The third kappa shape index (κ3) is 2.16. The molecule has 0 aromatic heterocycles. The lowest BCUT2D eigenvalue weighted by Crippen LogP contribution is -2.35. The number of thioether (sulfide) groups is 1. The summed E-state index contributed by atoms with van der Waals surface area (Å²) < 4.78 is 0. The molecule has 1 heterocycles. The maximum absolute atomic E-state index is 12.0. The Bertz CT molecular complexity index is 253. The Labute approximate surface area is 96.0 Å². The monoisotopic (exact) mass is 228 g/mol. The molecule has 3 nitrogen and oxygen atoms in total. The Balaban J connectivity index is 1.79. The van der Waals surface area contributed by atoms with Gasteiger partial charge in [-0.1, -0.05) is 0 Å². The third-order valence-corrected chi connectivity index (χ3v) is 4.07. The van der Waals surface area contributed by atoms with Gasteiger partial charge in [-0.15, -0.1) is 0 Å². The summed E-state index contributed by atoms with van der Waals surface area (Å²) in [5, 5.41) is 3.42. The first kappa shape index (κ1) is 11.3. The molecule has 4 heteroatoms. The topological polar surface area (TPSA) is 32.3 Å². The normalized spacial score (nSPS) is 27.7. The number of nitrogens with zero attached hydrogens (tertiary/aromatic N) is 1. The molecule has 0 aromatic carbocycles. The minimum atomic E-state index is -0.126. The van der Waals surface area contributed by atoms with Crippen LogP contribution in [0, 0.1) is 0 Å². The van der Waals surface area contributed by atoms with Crippen molar-refractivity contribution >= 4 is 17.7 Å². The summed E-state index contributed by atoms with van der Waals surface area (Å²) in [5.74, 6) is 1.55. The van der Waals surface area contributed by atoms with Gasteiger partial charge >= 0.3 is 0 Å². The molecule has 0 bridgehead atoms. The van der Waals surface area contributed by atoms with E-state index in [1.165, 1.54) is 12.2 Å². The average molecular weight is 228 g/mol. The number of carbonyl (C=O) groups is 1. The molecular weight excluding hydrogens is 208 g/mol. The molecule has 1 aliphatic carbocycles. The van der Waals surface area contributed by atoms with E-state index in [1.54, 1.807) is 0 Å². The van der Waals surface area contributed by atoms with Gasteiger partial charge in [0.05, 0.1) is 11.7 Å². The Morgan fingerprint density at radius 1 is 1.53 bits per heavy atom. The lowest BCUT2D eigenvalue weighted by molar-refractivity contribution is -0.130. The van der Waals surface area contributed by atoms with Crippen LogP contribution in [0.5, 0.6) is 0 Å². The van der Waals surface area contributed by atoms with E-state index in [1.807, 2.05) is 16.7 Å². The van der Waals surface area contributed by atoms with Crippen LogP contribution in [0.1, 0.15) is 32.6 Å². The minimum absolute atomic E-state index is 0.126. The van der Waals surface area contributed by atoms with Crippen LogP contribution in [-0.2, 0) is 4.79 Å². The van der Waals surface area contributed by atoms with E-state index in [2.05, 4.69) is 18.5 Å². The fourth-order valence-corrected chi connectivity index (χ4v) is 2.79. The van der Waals surface area contributed by atoms with Crippen molar-refractivity contribution in [1.29, 1.82) is 0 Å². The molecule has 1 aliphatic heterocycles. The molecule has 1 unspecified atom stereocenters. The van der Waals surface area contributed by atoms with E-state index in [9.17, 15) is 4.79 Å². The van der Waals surface area contributed by atoms with Gasteiger partial charge in [0.25, 0.3) is 0 Å². The summed E-state index contributed by atoms with van der Waals surface area (Å²) in [6.07, 6.45) is 6.80.